The topological polar surface area (TPSA) is 73.1 Å². The fourth-order valence-electron chi connectivity index (χ4n) is 1.74. The van der Waals surface area contributed by atoms with Crippen LogP contribution in [-0.4, -0.2) is 16.2 Å². The van der Waals surface area contributed by atoms with Gasteiger partial charge in [0.15, 0.2) is 0 Å². The van der Waals surface area contributed by atoms with E-state index in [1.807, 2.05) is 0 Å². The van der Waals surface area contributed by atoms with Crippen LogP contribution in [0.5, 0.6) is 0 Å². The van der Waals surface area contributed by atoms with Crippen molar-refractivity contribution >= 4 is 11.5 Å². The van der Waals surface area contributed by atoms with E-state index in [2.05, 4.69) is 28.0 Å². The van der Waals surface area contributed by atoms with Gasteiger partial charge in [-0.2, -0.15) is 0 Å². The minimum atomic E-state index is -0.102. The lowest BCUT2D eigenvalue weighted by molar-refractivity contribution is 0.168. The maximum Gasteiger partial charge on any atom is 0.116 e. The van der Waals surface area contributed by atoms with E-state index in [9.17, 15) is 0 Å². The van der Waals surface area contributed by atoms with Crippen LogP contribution in [-0.2, 0) is 11.2 Å². The van der Waals surface area contributed by atoms with E-state index in [1.165, 1.54) is 11.5 Å². The van der Waals surface area contributed by atoms with Crippen molar-refractivity contribution in [2.24, 2.45) is 5.84 Å². The molecule has 0 spiro atoms. The fourth-order valence-corrected chi connectivity index (χ4v) is 2.55. The van der Waals surface area contributed by atoms with Gasteiger partial charge < -0.3 is 4.74 Å². The molecule has 16 heavy (non-hydrogen) atoms. The van der Waals surface area contributed by atoms with Crippen molar-refractivity contribution in [3.05, 3.63) is 22.4 Å². The van der Waals surface area contributed by atoms with E-state index in [0.29, 0.717) is 0 Å². The van der Waals surface area contributed by atoms with Crippen molar-refractivity contribution in [1.29, 1.82) is 0 Å². The molecule has 0 aromatic carbocycles. The lowest BCUT2D eigenvalue weighted by Gasteiger charge is -2.22. The molecule has 5 nitrogen and oxygen atoms in total. The number of allylic oxidation sites excluding steroid dienone is 1. The smallest absolute Gasteiger partial charge is 0.116 e. The van der Waals surface area contributed by atoms with Crippen LogP contribution in [0.25, 0.3) is 0 Å². The average Bonchev–Trinajstić information content (AvgIpc) is 2.80. The molecule has 2 heterocycles. The van der Waals surface area contributed by atoms with Crippen molar-refractivity contribution in [2.75, 3.05) is 6.61 Å². The minimum absolute atomic E-state index is 0.102. The third-order valence-electron chi connectivity index (χ3n) is 2.60. The van der Waals surface area contributed by atoms with Crippen molar-refractivity contribution < 1.29 is 4.74 Å². The maximum absolute atomic E-state index is 5.62. The van der Waals surface area contributed by atoms with Crippen molar-refractivity contribution in [3.8, 4) is 0 Å². The molecule has 1 aromatic heterocycles. The Morgan fingerprint density at radius 1 is 1.69 bits per heavy atom. The van der Waals surface area contributed by atoms with Crippen molar-refractivity contribution in [1.82, 2.24) is 15.0 Å². The Kier molecular flexibility index (Phi) is 3.87. The van der Waals surface area contributed by atoms with Crippen LogP contribution in [0.3, 0.4) is 0 Å². The molecule has 1 aliphatic rings. The highest BCUT2D eigenvalue weighted by molar-refractivity contribution is 7.05. The molecule has 0 bridgehead atoms. The molecule has 0 saturated heterocycles. The van der Waals surface area contributed by atoms with E-state index in [1.54, 1.807) is 0 Å². The summed E-state index contributed by atoms with van der Waals surface area (Å²) in [5.74, 6) is 6.50. The summed E-state index contributed by atoms with van der Waals surface area (Å²) >= 11 is 1.38. The average molecular weight is 240 g/mol. The predicted molar refractivity (Wildman–Crippen MR) is 62.6 cm³/mol. The Balaban J connectivity index is 2.24. The Morgan fingerprint density at radius 2 is 2.56 bits per heavy atom. The van der Waals surface area contributed by atoms with Crippen LogP contribution in [0, 0.1) is 0 Å². The molecule has 1 unspecified atom stereocenters. The number of hydrazine groups is 1. The highest BCUT2D eigenvalue weighted by atomic mass is 32.1. The zero-order valence-corrected chi connectivity index (χ0v) is 10.1. The molecule has 0 amide bonds. The van der Waals surface area contributed by atoms with E-state index in [-0.39, 0.29) is 6.04 Å². The number of rotatable bonds is 4. The first-order valence-corrected chi connectivity index (χ1v) is 6.24. The number of ether oxygens (including phenoxy) is 1. The highest BCUT2D eigenvalue weighted by Gasteiger charge is 2.23. The molecule has 2 rings (SSSR count). The van der Waals surface area contributed by atoms with Gasteiger partial charge in [0.25, 0.3) is 0 Å². The maximum atomic E-state index is 5.62. The van der Waals surface area contributed by atoms with Gasteiger partial charge in [-0.15, -0.1) is 5.10 Å². The zero-order chi connectivity index (χ0) is 11.4. The third-order valence-corrected chi connectivity index (χ3v) is 3.43. The Hall–Kier alpha value is -0.980. The number of nitrogens with zero attached hydrogens (tertiary/aromatic N) is 2. The van der Waals surface area contributed by atoms with Crippen LogP contribution in [0.2, 0.25) is 0 Å². The second kappa shape index (κ2) is 5.38. The van der Waals surface area contributed by atoms with Gasteiger partial charge in [-0.3, -0.25) is 5.84 Å². The van der Waals surface area contributed by atoms with Gasteiger partial charge in [0.2, 0.25) is 0 Å². The summed E-state index contributed by atoms with van der Waals surface area (Å²) in [5, 5.41) is 4.09. The molecular weight excluding hydrogens is 224 g/mol. The molecule has 88 valence electrons. The first-order chi connectivity index (χ1) is 7.86. The number of aromatic nitrogens is 2. The van der Waals surface area contributed by atoms with Gasteiger partial charge in [0.1, 0.15) is 11.8 Å². The standard InChI is InChI=1S/C10H16N4OS/c1-2-7-10(16-14-13-7)9(12-11)8-5-3-4-6-15-8/h5,9,12H,2-4,6,11H2,1H3. The normalized spacial score (nSPS) is 17.8. The Bertz CT molecular complexity index is 377. The lowest BCUT2D eigenvalue weighted by atomic mass is 10.1. The van der Waals surface area contributed by atoms with Crippen LogP contribution in [0.4, 0.5) is 0 Å². The first-order valence-electron chi connectivity index (χ1n) is 5.47. The number of nitrogens with one attached hydrogen (secondary N) is 1. The molecule has 1 atom stereocenters. The molecule has 0 saturated carbocycles. The predicted octanol–water partition coefficient (Wildman–Crippen LogP) is 1.30. The first kappa shape index (κ1) is 11.5. The van der Waals surface area contributed by atoms with Gasteiger partial charge >= 0.3 is 0 Å². The number of hydrogen-bond acceptors (Lipinski definition) is 6. The van der Waals surface area contributed by atoms with Crippen molar-refractivity contribution in [3.63, 3.8) is 0 Å². The Morgan fingerprint density at radius 3 is 3.19 bits per heavy atom. The molecule has 0 fully saturated rings. The monoisotopic (exact) mass is 240 g/mol. The van der Waals surface area contributed by atoms with Crippen LogP contribution >= 0.6 is 11.5 Å². The molecule has 3 N–H and O–H groups in total. The summed E-state index contributed by atoms with van der Waals surface area (Å²) in [5.41, 5.74) is 3.77. The summed E-state index contributed by atoms with van der Waals surface area (Å²) in [6.45, 7) is 2.82. The van der Waals surface area contributed by atoms with Crippen LogP contribution in [0.15, 0.2) is 11.8 Å². The quantitative estimate of drug-likeness (QED) is 0.613. The van der Waals surface area contributed by atoms with E-state index >= 15 is 0 Å². The van der Waals surface area contributed by atoms with Crippen LogP contribution < -0.4 is 11.3 Å². The SMILES string of the molecule is CCc1nnsc1C(NN)C1=CCCCO1. The van der Waals surface area contributed by atoms with Gasteiger partial charge in [-0.1, -0.05) is 11.4 Å². The molecule has 0 aliphatic carbocycles. The van der Waals surface area contributed by atoms with E-state index in [0.717, 1.165) is 42.2 Å². The fraction of sp³-hybridized carbons (Fsp3) is 0.600. The van der Waals surface area contributed by atoms with E-state index < -0.39 is 0 Å². The molecule has 0 radical (unpaired) electrons. The van der Waals surface area contributed by atoms with Crippen LogP contribution in [0.1, 0.15) is 36.4 Å². The number of nitrogens with two attached hydrogens (primary N) is 1. The minimum Gasteiger partial charge on any atom is -0.496 e. The van der Waals surface area contributed by atoms with Gasteiger partial charge in [-0.25, -0.2) is 5.43 Å². The van der Waals surface area contributed by atoms with Gasteiger partial charge in [0.05, 0.1) is 17.2 Å². The lowest BCUT2D eigenvalue weighted by Crippen LogP contribution is -2.31. The highest BCUT2D eigenvalue weighted by Crippen LogP contribution is 2.29. The summed E-state index contributed by atoms with van der Waals surface area (Å²) in [6, 6.07) is -0.102. The second-order valence-corrected chi connectivity index (χ2v) is 4.42. The Labute approximate surface area is 98.8 Å². The van der Waals surface area contributed by atoms with Gasteiger partial charge in [-0.05, 0) is 36.9 Å². The second-order valence-electron chi connectivity index (χ2n) is 3.63. The summed E-state index contributed by atoms with van der Waals surface area (Å²) in [7, 11) is 0. The number of aryl methyl sites for hydroxylation is 1. The van der Waals surface area contributed by atoms with E-state index in [4.69, 9.17) is 10.6 Å². The summed E-state index contributed by atoms with van der Waals surface area (Å²) < 4.78 is 9.59. The van der Waals surface area contributed by atoms with Gasteiger partial charge in [0, 0.05) is 0 Å². The third kappa shape index (κ3) is 2.23. The zero-order valence-electron chi connectivity index (χ0n) is 9.27. The number of hydrogen-bond donors (Lipinski definition) is 2. The van der Waals surface area contributed by atoms with Crippen molar-refractivity contribution in [2.45, 2.75) is 32.2 Å². The molecular formula is C10H16N4OS. The summed E-state index contributed by atoms with van der Waals surface area (Å²) in [4.78, 5) is 1.05. The largest absolute Gasteiger partial charge is 0.496 e. The molecule has 1 aromatic rings. The summed E-state index contributed by atoms with van der Waals surface area (Å²) in [6.07, 6.45) is 5.06. The molecule has 6 heteroatoms. The molecule has 1 aliphatic heterocycles.